The van der Waals surface area contributed by atoms with Gasteiger partial charge in [0, 0.05) is 49.6 Å². The number of carbonyl (C=O) groups excluding carboxylic acids is 2. The van der Waals surface area contributed by atoms with Crippen LogP contribution in [0.3, 0.4) is 0 Å². The summed E-state index contributed by atoms with van der Waals surface area (Å²) in [6.07, 6.45) is 20.5. The van der Waals surface area contributed by atoms with Crippen molar-refractivity contribution >= 4 is 59.6 Å². The molecule has 2 saturated carbocycles. The standard InChI is InChI=1S/C62H68N6O2/c1-5-67(57-35-31-49(32-36-57)21-19-47-23-27-51(28-24-47)39-55(41-63)61(69)65-59-17-11-7-13-45(59)3)43-53-15-9-10-16-54(53)44-68(6-2)58-37-33-50(34-38-58)22-20-48-25-29-52(30-26-48)40-56(42-64)62(70)66-60-18-12-8-14-46(60)4/h9-10,15-16,19-40,45-46,59-60H,5-8,11-14,17-18,43-44H2,1-4H3,(H,65,69)(H,66,70)/b21-19+,22-20+,55-39+,56-40+. The van der Waals surface area contributed by atoms with Crippen LogP contribution in [-0.2, 0) is 22.7 Å². The normalized spacial score (nSPS) is 18.5. The van der Waals surface area contributed by atoms with E-state index >= 15 is 0 Å². The lowest BCUT2D eigenvalue weighted by Crippen LogP contribution is -2.41. The second-order valence-electron chi connectivity index (χ2n) is 19.0. The summed E-state index contributed by atoms with van der Waals surface area (Å²) in [5.74, 6) is 0.278. The monoisotopic (exact) mass is 929 g/mol. The van der Waals surface area contributed by atoms with E-state index in [1.165, 1.54) is 35.3 Å². The number of carbonyl (C=O) groups is 2. The van der Waals surface area contributed by atoms with Gasteiger partial charge in [-0.3, -0.25) is 9.59 Å². The van der Waals surface area contributed by atoms with E-state index in [9.17, 15) is 20.1 Å². The van der Waals surface area contributed by atoms with E-state index in [-0.39, 0.29) is 35.0 Å². The maximum absolute atomic E-state index is 12.9. The van der Waals surface area contributed by atoms with Gasteiger partial charge in [0.25, 0.3) is 11.8 Å². The summed E-state index contributed by atoms with van der Waals surface area (Å²) in [6, 6.07) is 46.4. The van der Waals surface area contributed by atoms with E-state index < -0.39 is 0 Å². The van der Waals surface area contributed by atoms with Gasteiger partial charge in [-0.1, -0.05) is 161 Å². The first kappa shape index (κ1) is 50.5. The van der Waals surface area contributed by atoms with E-state index in [2.05, 4.69) is 157 Å². The highest BCUT2D eigenvalue weighted by atomic mass is 16.2. The molecule has 0 heterocycles. The van der Waals surface area contributed by atoms with Crippen LogP contribution in [0, 0.1) is 34.5 Å². The van der Waals surface area contributed by atoms with Gasteiger partial charge in [-0.2, -0.15) is 10.5 Å². The summed E-state index contributed by atoms with van der Waals surface area (Å²) < 4.78 is 0. The third-order valence-corrected chi connectivity index (χ3v) is 14.1. The molecule has 2 aliphatic rings. The molecule has 5 aromatic carbocycles. The van der Waals surface area contributed by atoms with Crippen molar-refractivity contribution in [1.29, 1.82) is 10.5 Å². The molecule has 0 spiro atoms. The second kappa shape index (κ2) is 25.3. The highest BCUT2D eigenvalue weighted by Gasteiger charge is 2.25. The van der Waals surface area contributed by atoms with Crippen LogP contribution in [0.2, 0.25) is 0 Å². The van der Waals surface area contributed by atoms with Crippen LogP contribution in [0.4, 0.5) is 11.4 Å². The van der Waals surface area contributed by atoms with Gasteiger partial charge < -0.3 is 20.4 Å². The van der Waals surface area contributed by atoms with Crippen LogP contribution < -0.4 is 20.4 Å². The Hall–Kier alpha value is -7.42. The van der Waals surface area contributed by atoms with Crippen LogP contribution in [0.15, 0.2) is 132 Å². The predicted octanol–water partition coefficient (Wildman–Crippen LogP) is 13.3. The topological polar surface area (TPSA) is 112 Å². The molecule has 8 heteroatoms. The smallest absolute Gasteiger partial charge is 0.262 e. The van der Waals surface area contributed by atoms with Crippen molar-refractivity contribution in [3.8, 4) is 12.1 Å². The Morgan fingerprint density at radius 2 is 0.814 bits per heavy atom. The van der Waals surface area contributed by atoms with Crippen molar-refractivity contribution in [1.82, 2.24) is 10.6 Å². The molecule has 70 heavy (non-hydrogen) atoms. The molecule has 8 nitrogen and oxygen atoms in total. The average molecular weight is 929 g/mol. The molecule has 4 atom stereocenters. The molecule has 7 rings (SSSR count). The Morgan fingerprint density at radius 3 is 1.13 bits per heavy atom. The van der Waals surface area contributed by atoms with Gasteiger partial charge in [0.05, 0.1) is 0 Å². The number of benzene rings is 5. The van der Waals surface area contributed by atoms with E-state index in [1.807, 2.05) is 48.5 Å². The van der Waals surface area contributed by atoms with Crippen molar-refractivity contribution in [3.05, 3.63) is 177 Å². The zero-order chi connectivity index (χ0) is 49.2. The van der Waals surface area contributed by atoms with Crippen LogP contribution >= 0.6 is 0 Å². The lowest BCUT2D eigenvalue weighted by Gasteiger charge is -2.29. The van der Waals surface area contributed by atoms with Gasteiger partial charge in [-0.05, 0) is 132 Å². The van der Waals surface area contributed by atoms with Gasteiger partial charge in [0.2, 0.25) is 0 Å². The fourth-order valence-corrected chi connectivity index (χ4v) is 9.62. The van der Waals surface area contributed by atoms with E-state index in [1.54, 1.807) is 12.2 Å². The quantitative estimate of drug-likeness (QED) is 0.0514. The molecule has 2 fully saturated rings. The van der Waals surface area contributed by atoms with Crippen LogP contribution in [0.1, 0.15) is 124 Å². The number of nitrogens with zero attached hydrogens (tertiary/aromatic N) is 4. The Kier molecular flexibility index (Phi) is 18.2. The average Bonchev–Trinajstić information content (AvgIpc) is 3.39. The molecule has 2 N–H and O–H groups in total. The van der Waals surface area contributed by atoms with Crippen LogP contribution in [0.25, 0.3) is 36.5 Å². The number of nitriles is 2. The van der Waals surface area contributed by atoms with Crippen molar-refractivity contribution in [3.63, 3.8) is 0 Å². The van der Waals surface area contributed by atoms with E-state index in [4.69, 9.17) is 0 Å². The van der Waals surface area contributed by atoms with Crippen molar-refractivity contribution in [2.45, 2.75) is 104 Å². The van der Waals surface area contributed by atoms with Gasteiger partial charge >= 0.3 is 0 Å². The number of rotatable bonds is 18. The molecule has 0 saturated heterocycles. The van der Waals surface area contributed by atoms with Crippen molar-refractivity contribution in [2.24, 2.45) is 11.8 Å². The number of nitrogens with one attached hydrogen (secondary N) is 2. The Labute approximate surface area is 416 Å². The minimum atomic E-state index is -0.289. The number of hydrogen-bond donors (Lipinski definition) is 2. The Balaban J connectivity index is 0.918. The first-order valence-electron chi connectivity index (χ1n) is 25.3. The summed E-state index contributed by atoms with van der Waals surface area (Å²) in [5.41, 5.74) is 11.1. The lowest BCUT2D eigenvalue weighted by molar-refractivity contribution is -0.119. The predicted molar refractivity (Wildman–Crippen MR) is 290 cm³/mol. The fraction of sp³-hybridized carbons (Fsp3) is 0.323. The zero-order valence-electron chi connectivity index (χ0n) is 41.4. The summed E-state index contributed by atoms with van der Waals surface area (Å²) >= 11 is 0. The molecule has 2 aliphatic carbocycles. The third kappa shape index (κ3) is 14.1. The molecular formula is C62H68N6O2. The molecule has 0 radical (unpaired) electrons. The Morgan fingerprint density at radius 1 is 0.500 bits per heavy atom. The van der Waals surface area contributed by atoms with Gasteiger partial charge in [0.1, 0.15) is 23.3 Å². The molecule has 2 amide bonds. The highest BCUT2D eigenvalue weighted by molar-refractivity contribution is 6.02. The molecule has 0 aromatic heterocycles. The maximum atomic E-state index is 12.9. The highest BCUT2D eigenvalue weighted by Crippen LogP contribution is 2.27. The van der Waals surface area contributed by atoms with E-state index in [0.29, 0.717) is 11.8 Å². The van der Waals surface area contributed by atoms with Crippen LogP contribution in [0.5, 0.6) is 0 Å². The third-order valence-electron chi connectivity index (χ3n) is 14.1. The number of hydrogen-bond acceptors (Lipinski definition) is 6. The first-order chi connectivity index (χ1) is 34.1. The summed E-state index contributed by atoms with van der Waals surface area (Å²) in [5, 5.41) is 25.7. The molecule has 4 unspecified atom stereocenters. The summed E-state index contributed by atoms with van der Waals surface area (Å²) in [7, 11) is 0. The number of amides is 2. The van der Waals surface area contributed by atoms with Crippen LogP contribution in [-0.4, -0.2) is 37.0 Å². The molecular weight excluding hydrogens is 861 g/mol. The molecule has 0 bridgehead atoms. The van der Waals surface area contributed by atoms with Gasteiger partial charge in [0.15, 0.2) is 0 Å². The summed E-state index contributed by atoms with van der Waals surface area (Å²) in [4.78, 5) is 30.6. The van der Waals surface area contributed by atoms with Crippen molar-refractivity contribution < 1.29 is 9.59 Å². The minimum Gasteiger partial charge on any atom is -0.367 e. The molecule has 0 aliphatic heterocycles. The maximum Gasteiger partial charge on any atom is 0.262 e. The first-order valence-corrected chi connectivity index (χ1v) is 25.3. The fourth-order valence-electron chi connectivity index (χ4n) is 9.62. The zero-order valence-corrected chi connectivity index (χ0v) is 41.4. The van der Waals surface area contributed by atoms with E-state index in [0.717, 1.165) is 98.1 Å². The SMILES string of the molecule is CCN(Cc1ccccc1CN(CC)c1ccc(/C=C/c2ccc(/C=C(\C#N)C(=O)NC3CCCCC3C)cc2)cc1)c1ccc(/C=C/c2ccc(/C=C(\C#N)C(=O)NC3CCCCC3C)cc2)cc1. The Bertz CT molecular complexity index is 2550. The van der Waals surface area contributed by atoms with Gasteiger partial charge in [-0.15, -0.1) is 0 Å². The number of anilines is 2. The largest absolute Gasteiger partial charge is 0.367 e. The molecule has 5 aromatic rings. The molecule has 358 valence electrons. The lowest BCUT2D eigenvalue weighted by atomic mass is 9.86. The summed E-state index contributed by atoms with van der Waals surface area (Å²) in [6.45, 7) is 12.1. The second-order valence-corrected chi connectivity index (χ2v) is 19.0. The van der Waals surface area contributed by atoms with Crippen molar-refractivity contribution in [2.75, 3.05) is 22.9 Å². The minimum absolute atomic E-state index is 0.129. The van der Waals surface area contributed by atoms with Gasteiger partial charge in [-0.25, -0.2) is 0 Å².